The minimum atomic E-state index is -4.62. The smallest absolute Gasteiger partial charge is 0.343 e. The van der Waals surface area contributed by atoms with Crippen LogP contribution in [0.1, 0.15) is 83.6 Å². The van der Waals surface area contributed by atoms with Gasteiger partial charge in [0.15, 0.2) is 0 Å². The Morgan fingerprint density at radius 3 is 1.78 bits per heavy atom. The average Bonchev–Trinajstić information content (AvgIpc) is 3.34. The number of rotatable bonds is 4. The van der Waals surface area contributed by atoms with Gasteiger partial charge >= 0.3 is 27.2 Å². The van der Waals surface area contributed by atoms with Gasteiger partial charge in [-0.15, -0.1) is 12.1 Å². The molecule has 0 radical (unpaired) electrons. The first-order valence-electron chi connectivity index (χ1n) is 12.6. The molecule has 5 nitrogen and oxygen atoms in total. The first kappa shape index (κ1) is 32.5. The Kier molecular flexibility index (Phi) is 8.73. The third-order valence-corrected chi connectivity index (χ3v) is 6.69. The molecular weight excluding hydrogens is 720 g/mol. The molecule has 4 rings (SSSR count). The summed E-state index contributed by atoms with van der Waals surface area (Å²) >= 11 is 0. The molecule has 0 unspecified atom stereocenters. The van der Waals surface area contributed by atoms with Gasteiger partial charge in [-0.2, -0.15) is 13.2 Å². The van der Waals surface area contributed by atoms with Gasteiger partial charge in [-0.25, -0.2) is 8.78 Å². The summed E-state index contributed by atoms with van der Waals surface area (Å²) in [4.78, 5) is 12.7. The van der Waals surface area contributed by atoms with Gasteiger partial charge in [0.05, 0.1) is 11.5 Å². The van der Waals surface area contributed by atoms with Crippen LogP contribution in [0.2, 0.25) is 0 Å². The molecule has 220 valence electrons. The van der Waals surface area contributed by atoms with Crippen molar-refractivity contribution in [3.05, 3.63) is 88.8 Å². The van der Waals surface area contributed by atoms with Crippen LogP contribution in [0.3, 0.4) is 0 Å². The number of pyridine rings is 3. The number of alkyl halides is 3. The molecular formula is C30H30F5N5Pt. The van der Waals surface area contributed by atoms with Gasteiger partial charge in [0.2, 0.25) is 0 Å². The van der Waals surface area contributed by atoms with Gasteiger partial charge in [-0.05, 0) is 53.6 Å². The summed E-state index contributed by atoms with van der Waals surface area (Å²) in [6.07, 6.45) is -2.10. The Labute approximate surface area is 250 Å². The zero-order chi connectivity index (χ0) is 29.8. The molecule has 41 heavy (non-hydrogen) atoms. The minimum Gasteiger partial charge on any atom is -0.343 e. The van der Waals surface area contributed by atoms with Crippen LogP contribution in [0.5, 0.6) is 0 Å². The average molecular weight is 751 g/mol. The largest absolute Gasteiger partial charge is 2.00 e. The van der Waals surface area contributed by atoms with Gasteiger partial charge in [-0.1, -0.05) is 71.5 Å². The quantitative estimate of drug-likeness (QED) is 0.123. The Morgan fingerprint density at radius 2 is 1.27 bits per heavy atom. The number of hydrogen-bond donors (Lipinski definition) is 0. The molecule has 0 amide bonds. The van der Waals surface area contributed by atoms with Gasteiger partial charge in [0.25, 0.3) is 0 Å². The van der Waals surface area contributed by atoms with E-state index >= 15 is 0 Å². The maximum absolute atomic E-state index is 14.7. The second kappa shape index (κ2) is 11.0. The number of halogens is 5. The summed E-state index contributed by atoms with van der Waals surface area (Å²) in [7, 11) is 0. The molecule has 0 saturated carbocycles. The van der Waals surface area contributed by atoms with Crippen LogP contribution in [-0.4, -0.2) is 24.7 Å². The second-order valence-electron chi connectivity index (χ2n) is 12.3. The van der Waals surface area contributed by atoms with Crippen LogP contribution in [-0.2, 0) is 43.5 Å². The van der Waals surface area contributed by atoms with Crippen LogP contribution in [0, 0.1) is 24.2 Å². The van der Waals surface area contributed by atoms with E-state index < -0.39 is 29.2 Å². The van der Waals surface area contributed by atoms with Gasteiger partial charge in [0.1, 0.15) is 11.9 Å². The van der Waals surface area contributed by atoms with E-state index in [9.17, 15) is 22.0 Å². The van der Waals surface area contributed by atoms with Crippen LogP contribution < -0.4 is 0 Å². The summed E-state index contributed by atoms with van der Waals surface area (Å²) in [5, 5.41) is 3.66. The predicted molar refractivity (Wildman–Crippen MR) is 141 cm³/mol. The third kappa shape index (κ3) is 6.91. The van der Waals surface area contributed by atoms with E-state index in [0.717, 1.165) is 27.9 Å². The fourth-order valence-corrected chi connectivity index (χ4v) is 4.02. The topological polar surface area (TPSA) is 56.5 Å². The molecule has 4 aromatic rings. The summed E-state index contributed by atoms with van der Waals surface area (Å²) in [6, 6.07) is 11.5. The monoisotopic (exact) mass is 750 g/mol. The molecule has 0 fully saturated rings. The van der Waals surface area contributed by atoms with Gasteiger partial charge in [-0.3, -0.25) is 15.1 Å². The first-order chi connectivity index (χ1) is 18.3. The SMILES string of the molecule is CC(C)(C)c1cc(-c2[c-]cc(F)nc2F)nc(C(C)(C)c2cc(C(C)(C)C)cc(-n3[c-]cc(C(F)(F)F)n3)n2)c1.[Pt+2]. The van der Waals surface area contributed by atoms with Crippen LogP contribution >= 0.6 is 0 Å². The van der Waals surface area contributed by atoms with Crippen molar-refractivity contribution in [2.45, 2.75) is 77.8 Å². The molecule has 0 aliphatic rings. The molecule has 4 aromatic heterocycles. The molecule has 0 bridgehead atoms. The summed E-state index contributed by atoms with van der Waals surface area (Å²) in [6.45, 7) is 15.7. The van der Waals surface area contributed by atoms with Crippen molar-refractivity contribution in [3.8, 4) is 17.1 Å². The third-order valence-electron chi connectivity index (χ3n) is 6.69. The minimum absolute atomic E-state index is 0. The number of hydrogen-bond acceptors (Lipinski definition) is 4. The first-order valence-corrected chi connectivity index (χ1v) is 12.6. The van der Waals surface area contributed by atoms with Crippen LogP contribution in [0.15, 0.2) is 36.4 Å². The Morgan fingerprint density at radius 1 is 0.707 bits per heavy atom. The number of aromatic nitrogens is 5. The molecule has 0 aromatic carbocycles. The summed E-state index contributed by atoms with van der Waals surface area (Å²) in [5.74, 6) is -1.86. The molecule has 4 heterocycles. The summed E-state index contributed by atoms with van der Waals surface area (Å²) < 4.78 is 69.0. The van der Waals surface area contributed by atoms with Gasteiger partial charge < -0.3 is 9.67 Å². The van der Waals surface area contributed by atoms with Crippen molar-refractivity contribution in [1.82, 2.24) is 24.7 Å². The molecule has 11 heteroatoms. The molecule has 0 aliphatic heterocycles. The second-order valence-corrected chi connectivity index (χ2v) is 12.3. The Bertz CT molecular complexity index is 1560. The van der Waals surface area contributed by atoms with Crippen molar-refractivity contribution in [2.75, 3.05) is 0 Å². The molecule has 0 N–H and O–H groups in total. The van der Waals surface area contributed by atoms with E-state index in [-0.39, 0.29) is 49.0 Å². The zero-order valence-corrected chi connectivity index (χ0v) is 26.2. The predicted octanol–water partition coefficient (Wildman–Crippen LogP) is 7.54. The number of nitrogens with zero attached hydrogens (tertiary/aromatic N) is 5. The Balaban J connectivity index is 0.00000462. The van der Waals surface area contributed by atoms with E-state index in [0.29, 0.717) is 11.4 Å². The maximum atomic E-state index is 14.7. The van der Waals surface area contributed by atoms with Crippen LogP contribution in [0.25, 0.3) is 17.1 Å². The standard InChI is InChI=1S/C30H30F5N5.Pt/c1-27(2,3)17-13-20(19-9-10-24(31)38-26(19)32)36-22(14-17)29(7,8)23-15-18(28(4,5)6)16-25(37-23)40-12-11-21(39-40)30(33,34)35;/h10-11,13-16H,1-8H3;/q-2;+2. The Hall–Kier alpha value is -3.00. The fourth-order valence-electron chi connectivity index (χ4n) is 4.02. The molecule has 0 saturated heterocycles. The molecule has 0 spiro atoms. The van der Waals surface area contributed by atoms with E-state index in [1.165, 1.54) is 0 Å². The van der Waals surface area contributed by atoms with E-state index in [2.05, 4.69) is 22.3 Å². The van der Waals surface area contributed by atoms with Crippen molar-refractivity contribution < 1.29 is 43.0 Å². The van der Waals surface area contributed by atoms with E-state index in [1.54, 1.807) is 12.1 Å². The molecule has 0 aliphatic carbocycles. The normalized spacial score (nSPS) is 12.8. The maximum Gasteiger partial charge on any atom is 2.00 e. The van der Waals surface area contributed by atoms with E-state index in [4.69, 9.17) is 9.97 Å². The van der Waals surface area contributed by atoms with Crippen molar-refractivity contribution in [1.29, 1.82) is 0 Å². The zero-order valence-electron chi connectivity index (χ0n) is 23.9. The summed E-state index contributed by atoms with van der Waals surface area (Å²) in [5.41, 5.74) is 0.100. The van der Waals surface area contributed by atoms with Crippen molar-refractivity contribution in [2.24, 2.45) is 0 Å². The van der Waals surface area contributed by atoms with Crippen molar-refractivity contribution >= 4 is 0 Å². The van der Waals surface area contributed by atoms with E-state index in [1.807, 2.05) is 67.5 Å². The van der Waals surface area contributed by atoms with Crippen molar-refractivity contribution in [3.63, 3.8) is 0 Å². The van der Waals surface area contributed by atoms with Crippen LogP contribution in [0.4, 0.5) is 22.0 Å². The fraction of sp³-hybridized carbons (Fsp3) is 0.400. The molecule has 0 atom stereocenters. The van der Waals surface area contributed by atoms with Gasteiger partial charge in [0, 0.05) is 16.8 Å².